The lowest BCUT2D eigenvalue weighted by molar-refractivity contribution is 0.580. The van der Waals surface area contributed by atoms with Crippen molar-refractivity contribution in [1.29, 1.82) is 0 Å². The summed E-state index contributed by atoms with van der Waals surface area (Å²) in [6, 6.07) is 0. The number of aromatic nitrogens is 5. The van der Waals surface area contributed by atoms with E-state index < -0.39 is 0 Å². The monoisotopic (exact) mass is 299 g/mol. The van der Waals surface area contributed by atoms with Gasteiger partial charge in [-0.15, -0.1) is 5.10 Å². The zero-order chi connectivity index (χ0) is 15.5. The Morgan fingerprint density at radius 2 is 2.14 bits per heavy atom. The van der Waals surface area contributed by atoms with Gasteiger partial charge in [-0.1, -0.05) is 24.3 Å². The highest BCUT2D eigenvalue weighted by molar-refractivity contribution is 5.25. The predicted octanol–water partition coefficient (Wildman–Crippen LogP) is 3.37. The molecule has 118 valence electrons. The van der Waals surface area contributed by atoms with Gasteiger partial charge in [-0.3, -0.25) is 4.68 Å². The lowest BCUT2D eigenvalue weighted by Gasteiger charge is -2.13. The van der Waals surface area contributed by atoms with Gasteiger partial charge in [-0.2, -0.15) is 5.10 Å². The van der Waals surface area contributed by atoms with E-state index in [9.17, 15) is 0 Å². The molecule has 0 amide bonds. The molecule has 0 saturated carbocycles. The molecule has 0 fully saturated rings. The second-order valence-corrected chi connectivity index (χ2v) is 6.19. The topological polar surface area (TPSA) is 48.5 Å². The van der Waals surface area contributed by atoms with Crippen LogP contribution in [0, 0.1) is 13.8 Å². The largest absolute Gasteiger partial charge is 0.269 e. The van der Waals surface area contributed by atoms with Gasteiger partial charge in [0.25, 0.3) is 0 Å². The predicted molar refractivity (Wildman–Crippen MR) is 86.8 cm³/mol. The average Bonchev–Trinajstić information content (AvgIpc) is 3.10. The molecule has 5 heteroatoms. The second-order valence-electron chi connectivity index (χ2n) is 6.19. The zero-order valence-electron chi connectivity index (χ0n) is 13.8. The maximum Gasteiger partial charge on any atom is 0.0861 e. The van der Waals surface area contributed by atoms with E-state index in [0.29, 0.717) is 5.92 Å². The fourth-order valence-electron chi connectivity index (χ4n) is 3.19. The van der Waals surface area contributed by atoms with Gasteiger partial charge in [0.05, 0.1) is 17.9 Å². The first-order valence-corrected chi connectivity index (χ1v) is 8.27. The molecule has 0 radical (unpaired) electrons. The van der Waals surface area contributed by atoms with E-state index in [-0.39, 0.29) is 0 Å². The Hall–Kier alpha value is -1.91. The molecule has 1 atom stereocenters. The van der Waals surface area contributed by atoms with Gasteiger partial charge in [-0.25, -0.2) is 4.68 Å². The Morgan fingerprint density at radius 3 is 2.86 bits per heavy atom. The van der Waals surface area contributed by atoms with Crippen molar-refractivity contribution in [2.75, 3.05) is 0 Å². The van der Waals surface area contributed by atoms with E-state index >= 15 is 0 Å². The van der Waals surface area contributed by atoms with Crippen LogP contribution >= 0.6 is 0 Å². The minimum absolute atomic E-state index is 0.531. The highest BCUT2D eigenvalue weighted by Crippen LogP contribution is 2.27. The van der Waals surface area contributed by atoms with Crippen molar-refractivity contribution < 1.29 is 0 Å². The maximum absolute atomic E-state index is 4.64. The summed E-state index contributed by atoms with van der Waals surface area (Å²) < 4.78 is 4.06. The van der Waals surface area contributed by atoms with Gasteiger partial charge in [0.15, 0.2) is 0 Å². The molecule has 0 bridgehead atoms. The summed E-state index contributed by atoms with van der Waals surface area (Å²) in [5.41, 5.74) is 4.75. The third kappa shape index (κ3) is 2.98. The third-order valence-corrected chi connectivity index (χ3v) is 4.53. The Balaban J connectivity index is 1.76. The summed E-state index contributed by atoms with van der Waals surface area (Å²) in [6.07, 6.45) is 11.2. The molecule has 0 aliphatic heterocycles. The smallest absolute Gasteiger partial charge is 0.0861 e. The molecule has 0 aromatic carbocycles. The molecule has 2 heterocycles. The van der Waals surface area contributed by atoms with E-state index in [0.717, 1.165) is 43.7 Å². The number of aryl methyl sites for hydroxylation is 2. The first kappa shape index (κ1) is 15.0. The van der Waals surface area contributed by atoms with E-state index in [2.05, 4.69) is 59.2 Å². The van der Waals surface area contributed by atoms with Gasteiger partial charge in [0, 0.05) is 29.9 Å². The normalized spacial score (nSPS) is 18.0. The zero-order valence-corrected chi connectivity index (χ0v) is 13.8. The quantitative estimate of drug-likeness (QED) is 0.795. The van der Waals surface area contributed by atoms with E-state index in [1.54, 1.807) is 0 Å². The SMILES string of the molecule is CCCn1nc(C)c(Cn2cc([C@H]3CC=CCC3)nn2)c1C. The van der Waals surface area contributed by atoms with Crippen LogP contribution in [0.1, 0.15) is 61.2 Å². The molecule has 1 aliphatic rings. The van der Waals surface area contributed by atoms with Gasteiger partial charge in [0.1, 0.15) is 0 Å². The summed E-state index contributed by atoms with van der Waals surface area (Å²) in [5, 5.41) is 13.4. The summed E-state index contributed by atoms with van der Waals surface area (Å²) in [6.45, 7) is 8.14. The summed E-state index contributed by atoms with van der Waals surface area (Å²) >= 11 is 0. The number of hydrogen-bond donors (Lipinski definition) is 0. The summed E-state index contributed by atoms with van der Waals surface area (Å²) in [7, 11) is 0. The Labute approximate surface area is 132 Å². The molecule has 2 aromatic heterocycles. The number of allylic oxidation sites excluding steroid dienone is 2. The molecular formula is C17H25N5. The van der Waals surface area contributed by atoms with Crippen molar-refractivity contribution in [1.82, 2.24) is 24.8 Å². The van der Waals surface area contributed by atoms with Gasteiger partial charge in [-0.05, 0) is 39.5 Å². The van der Waals surface area contributed by atoms with Crippen LogP contribution in [0.5, 0.6) is 0 Å². The van der Waals surface area contributed by atoms with Crippen molar-refractivity contribution >= 4 is 0 Å². The van der Waals surface area contributed by atoms with Gasteiger partial charge in [0.2, 0.25) is 0 Å². The number of hydrogen-bond acceptors (Lipinski definition) is 3. The highest BCUT2D eigenvalue weighted by atomic mass is 15.4. The molecule has 3 rings (SSSR count). The molecule has 5 nitrogen and oxygen atoms in total. The van der Waals surface area contributed by atoms with Crippen molar-refractivity contribution in [3.8, 4) is 0 Å². The standard InChI is InChI=1S/C17H25N5/c1-4-10-22-14(3)16(13(2)19-22)11-21-12-17(18-20-21)15-8-6-5-7-9-15/h5-6,12,15H,4,7-11H2,1-3H3/t15-/m0/s1. The first-order chi connectivity index (χ1) is 10.7. The maximum atomic E-state index is 4.64. The molecule has 1 aliphatic carbocycles. The molecule has 22 heavy (non-hydrogen) atoms. The van der Waals surface area contributed by atoms with Crippen molar-refractivity contribution in [3.63, 3.8) is 0 Å². The van der Waals surface area contributed by atoms with Gasteiger partial charge < -0.3 is 0 Å². The highest BCUT2D eigenvalue weighted by Gasteiger charge is 2.17. The molecule has 0 unspecified atom stereocenters. The summed E-state index contributed by atoms with van der Waals surface area (Å²) in [5.74, 6) is 0.531. The van der Waals surface area contributed by atoms with E-state index in [1.165, 1.54) is 17.7 Å². The second kappa shape index (κ2) is 6.46. The Morgan fingerprint density at radius 1 is 1.27 bits per heavy atom. The molecule has 2 aromatic rings. The lowest BCUT2D eigenvalue weighted by atomic mass is 9.92. The van der Waals surface area contributed by atoms with Crippen LogP contribution in [0.4, 0.5) is 0 Å². The minimum atomic E-state index is 0.531. The Kier molecular flexibility index (Phi) is 4.41. The van der Waals surface area contributed by atoms with E-state index in [1.807, 2.05) is 4.68 Å². The number of nitrogens with zero attached hydrogens (tertiary/aromatic N) is 5. The molecule has 0 saturated heterocycles. The van der Waals surface area contributed by atoms with Crippen LogP contribution in [0.25, 0.3) is 0 Å². The molecule has 0 spiro atoms. The average molecular weight is 299 g/mol. The lowest BCUT2D eigenvalue weighted by Crippen LogP contribution is -2.05. The third-order valence-electron chi connectivity index (χ3n) is 4.53. The van der Waals surface area contributed by atoms with Crippen LogP contribution in [0.2, 0.25) is 0 Å². The van der Waals surface area contributed by atoms with Crippen LogP contribution in [-0.2, 0) is 13.1 Å². The van der Waals surface area contributed by atoms with E-state index in [4.69, 9.17) is 0 Å². The fourth-order valence-corrected chi connectivity index (χ4v) is 3.19. The minimum Gasteiger partial charge on any atom is -0.269 e. The first-order valence-electron chi connectivity index (χ1n) is 8.27. The van der Waals surface area contributed by atoms with Crippen LogP contribution in [0.15, 0.2) is 18.3 Å². The summed E-state index contributed by atoms with van der Waals surface area (Å²) in [4.78, 5) is 0. The van der Waals surface area contributed by atoms with Crippen molar-refractivity contribution in [3.05, 3.63) is 41.0 Å². The number of rotatable bonds is 5. The Bertz CT molecular complexity index is 665. The van der Waals surface area contributed by atoms with Crippen molar-refractivity contribution in [2.45, 2.75) is 65.5 Å². The van der Waals surface area contributed by atoms with Crippen LogP contribution in [-0.4, -0.2) is 24.8 Å². The van der Waals surface area contributed by atoms with Crippen LogP contribution < -0.4 is 0 Å². The van der Waals surface area contributed by atoms with Crippen LogP contribution in [0.3, 0.4) is 0 Å². The molecule has 0 N–H and O–H groups in total. The fraction of sp³-hybridized carbons (Fsp3) is 0.588. The van der Waals surface area contributed by atoms with Crippen molar-refractivity contribution in [2.24, 2.45) is 0 Å². The molecular weight excluding hydrogens is 274 g/mol. The van der Waals surface area contributed by atoms with Gasteiger partial charge >= 0.3 is 0 Å².